The zero-order valence-corrected chi connectivity index (χ0v) is 13.2. The van der Waals surface area contributed by atoms with Crippen LogP contribution in [0.1, 0.15) is 30.0 Å². The van der Waals surface area contributed by atoms with Crippen molar-refractivity contribution in [2.75, 3.05) is 13.1 Å². The van der Waals surface area contributed by atoms with Gasteiger partial charge in [0.25, 0.3) is 10.2 Å². The molecule has 2 aromatic carbocycles. The van der Waals surface area contributed by atoms with Gasteiger partial charge in [0.15, 0.2) is 0 Å². The largest absolute Gasteiger partial charge is 0.280 e. The summed E-state index contributed by atoms with van der Waals surface area (Å²) in [6.07, 6.45) is 1.87. The number of hydrogen-bond donors (Lipinski definition) is 1. The van der Waals surface area contributed by atoms with Gasteiger partial charge < -0.3 is 0 Å². The fourth-order valence-electron chi connectivity index (χ4n) is 2.77. The van der Waals surface area contributed by atoms with Crippen LogP contribution in [0.25, 0.3) is 0 Å². The molecule has 0 bridgehead atoms. The molecule has 0 amide bonds. The van der Waals surface area contributed by atoms with E-state index in [1.54, 1.807) is 0 Å². The van der Waals surface area contributed by atoms with E-state index < -0.39 is 10.2 Å². The summed E-state index contributed by atoms with van der Waals surface area (Å²) < 4.78 is 29.6. The highest BCUT2D eigenvalue weighted by Gasteiger charge is 2.28. The quantitative estimate of drug-likeness (QED) is 0.922. The predicted molar refractivity (Wildman–Crippen MR) is 87.6 cm³/mol. The molecule has 1 aliphatic rings. The van der Waals surface area contributed by atoms with E-state index in [1.807, 2.05) is 60.7 Å². The Balaban J connectivity index is 1.93. The van der Waals surface area contributed by atoms with Gasteiger partial charge in [-0.2, -0.15) is 17.4 Å². The summed E-state index contributed by atoms with van der Waals surface area (Å²) in [7, 11) is -3.47. The van der Waals surface area contributed by atoms with E-state index >= 15 is 0 Å². The first-order chi connectivity index (χ1) is 10.7. The minimum atomic E-state index is -3.47. The second-order valence-electron chi connectivity index (χ2n) is 5.48. The fraction of sp³-hybridized carbons (Fsp3) is 0.294. The summed E-state index contributed by atoms with van der Waals surface area (Å²) in [5.41, 5.74) is 1.88. The van der Waals surface area contributed by atoms with Gasteiger partial charge in [0.2, 0.25) is 0 Å². The first-order valence-electron chi connectivity index (χ1n) is 7.54. The van der Waals surface area contributed by atoms with Crippen LogP contribution in [-0.4, -0.2) is 25.8 Å². The van der Waals surface area contributed by atoms with Gasteiger partial charge in [-0.1, -0.05) is 60.7 Å². The van der Waals surface area contributed by atoms with E-state index in [0.717, 1.165) is 24.0 Å². The summed E-state index contributed by atoms with van der Waals surface area (Å²) in [5, 5.41) is 0. The van der Waals surface area contributed by atoms with Crippen LogP contribution >= 0.6 is 0 Å². The third-order valence-electron chi connectivity index (χ3n) is 3.94. The number of benzene rings is 2. The first kappa shape index (κ1) is 15.2. The maximum absolute atomic E-state index is 12.6. The Morgan fingerprint density at radius 2 is 1.27 bits per heavy atom. The molecule has 5 heteroatoms. The van der Waals surface area contributed by atoms with E-state index in [2.05, 4.69) is 4.72 Å². The van der Waals surface area contributed by atoms with Crippen LogP contribution in [0.5, 0.6) is 0 Å². The fourth-order valence-corrected chi connectivity index (χ4v) is 4.23. The van der Waals surface area contributed by atoms with Crippen LogP contribution < -0.4 is 4.72 Å². The normalized spacial score (nSPS) is 16.2. The SMILES string of the molecule is O=S(=O)(NC(c1ccccc1)c1ccccc1)N1CCCC1. The number of hydrogen-bond acceptors (Lipinski definition) is 2. The summed E-state index contributed by atoms with van der Waals surface area (Å²) in [6, 6.07) is 19.0. The number of rotatable bonds is 5. The maximum atomic E-state index is 12.6. The molecule has 0 radical (unpaired) electrons. The van der Waals surface area contributed by atoms with Crippen molar-refractivity contribution < 1.29 is 8.42 Å². The van der Waals surface area contributed by atoms with Crippen molar-refractivity contribution in [1.82, 2.24) is 9.03 Å². The van der Waals surface area contributed by atoms with E-state index in [-0.39, 0.29) is 6.04 Å². The van der Waals surface area contributed by atoms with Crippen molar-refractivity contribution >= 4 is 10.2 Å². The predicted octanol–water partition coefficient (Wildman–Crippen LogP) is 2.71. The molecule has 4 nitrogen and oxygen atoms in total. The van der Waals surface area contributed by atoms with E-state index in [1.165, 1.54) is 4.31 Å². The van der Waals surface area contributed by atoms with Crippen LogP contribution in [0.2, 0.25) is 0 Å². The molecule has 3 rings (SSSR count). The van der Waals surface area contributed by atoms with E-state index in [0.29, 0.717) is 13.1 Å². The van der Waals surface area contributed by atoms with Crippen molar-refractivity contribution in [3.05, 3.63) is 71.8 Å². The van der Waals surface area contributed by atoms with Crippen molar-refractivity contribution in [2.24, 2.45) is 0 Å². The Bertz CT molecular complexity index is 656. The average molecular weight is 316 g/mol. The Labute approximate surface area is 132 Å². The van der Waals surface area contributed by atoms with Crippen molar-refractivity contribution in [3.8, 4) is 0 Å². The third kappa shape index (κ3) is 3.38. The molecule has 2 aromatic rings. The highest BCUT2D eigenvalue weighted by Crippen LogP contribution is 2.24. The molecule has 0 aromatic heterocycles. The Morgan fingerprint density at radius 1 is 0.818 bits per heavy atom. The molecule has 116 valence electrons. The van der Waals surface area contributed by atoms with Gasteiger partial charge in [-0.3, -0.25) is 0 Å². The molecule has 1 aliphatic heterocycles. The maximum Gasteiger partial charge on any atom is 0.280 e. The molecule has 0 atom stereocenters. The molecule has 1 N–H and O–H groups in total. The lowest BCUT2D eigenvalue weighted by Gasteiger charge is -2.23. The molecule has 0 unspecified atom stereocenters. The Kier molecular flexibility index (Phi) is 4.57. The van der Waals surface area contributed by atoms with Crippen LogP contribution in [0.3, 0.4) is 0 Å². The molecular formula is C17H20N2O2S. The van der Waals surface area contributed by atoms with E-state index in [4.69, 9.17) is 0 Å². The summed E-state index contributed by atoms with van der Waals surface area (Å²) in [4.78, 5) is 0. The second kappa shape index (κ2) is 6.60. The molecule has 0 aliphatic carbocycles. The highest BCUT2D eigenvalue weighted by molar-refractivity contribution is 7.87. The standard InChI is InChI=1S/C17H20N2O2S/c20-22(21,19-13-7-8-14-19)18-17(15-9-3-1-4-10-15)16-11-5-2-6-12-16/h1-6,9-12,17-18H,7-8,13-14H2. The smallest absolute Gasteiger partial charge is 0.195 e. The monoisotopic (exact) mass is 316 g/mol. The van der Waals surface area contributed by atoms with Gasteiger partial charge in [0.05, 0.1) is 6.04 Å². The van der Waals surface area contributed by atoms with Gasteiger partial charge in [-0.25, -0.2) is 0 Å². The average Bonchev–Trinajstić information content (AvgIpc) is 3.10. The summed E-state index contributed by atoms with van der Waals surface area (Å²) in [5.74, 6) is 0. The number of nitrogens with one attached hydrogen (secondary N) is 1. The molecule has 1 fully saturated rings. The van der Waals surface area contributed by atoms with Crippen molar-refractivity contribution in [3.63, 3.8) is 0 Å². The van der Waals surface area contributed by atoms with Gasteiger partial charge in [0, 0.05) is 13.1 Å². The summed E-state index contributed by atoms with van der Waals surface area (Å²) in [6.45, 7) is 1.21. The van der Waals surface area contributed by atoms with Crippen molar-refractivity contribution in [1.29, 1.82) is 0 Å². The Morgan fingerprint density at radius 3 is 1.73 bits per heavy atom. The molecule has 0 saturated carbocycles. The zero-order chi connectivity index (χ0) is 15.4. The lowest BCUT2D eigenvalue weighted by Crippen LogP contribution is -2.41. The van der Waals surface area contributed by atoms with Crippen LogP contribution in [0.15, 0.2) is 60.7 Å². The van der Waals surface area contributed by atoms with Gasteiger partial charge in [-0.15, -0.1) is 0 Å². The topological polar surface area (TPSA) is 49.4 Å². The second-order valence-corrected chi connectivity index (χ2v) is 7.19. The first-order valence-corrected chi connectivity index (χ1v) is 8.98. The molecule has 0 spiro atoms. The lowest BCUT2D eigenvalue weighted by atomic mass is 10.00. The zero-order valence-electron chi connectivity index (χ0n) is 12.4. The number of nitrogens with zero attached hydrogens (tertiary/aromatic N) is 1. The third-order valence-corrected chi connectivity index (χ3v) is 5.52. The molecule has 1 heterocycles. The van der Waals surface area contributed by atoms with Gasteiger partial charge in [-0.05, 0) is 24.0 Å². The molecule has 22 heavy (non-hydrogen) atoms. The minimum absolute atomic E-state index is 0.368. The molecule has 1 saturated heterocycles. The minimum Gasteiger partial charge on any atom is -0.195 e. The van der Waals surface area contributed by atoms with Crippen LogP contribution in [0.4, 0.5) is 0 Å². The van der Waals surface area contributed by atoms with Crippen LogP contribution in [-0.2, 0) is 10.2 Å². The van der Waals surface area contributed by atoms with Crippen LogP contribution in [0, 0.1) is 0 Å². The van der Waals surface area contributed by atoms with E-state index in [9.17, 15) is 8.42 Å². The molecular weight excluding hydrogens is 296 g/mol. The summed E-state index contributed by atoms with van der Waals surface area (Å²) >= 11 is 0. The van der Waals surface area contributed by atoms with Gasteiger partial charge in [0.1, 0.15) is 0 Å². The van der Waals surface area contributed by atoms with Crippen molar-refractivity contribution in [2.45, 2.75) is 18.9 Å². The lowest BCUT2D eigenvalue weighted by molar-refractivity contribution is 0.459. The highest BCUT2D eigenvalue weighted by atomic mass is 32.2. The van der Waals surface area contributed by atoms with Gasteiger partial charge >= 0.3 is 0 Å². The Hall–Kier alpha value is -1.69.